The van der Waals surface area contributed by atoms with E-state index >= 15 is 0 Å². The van der Waals surface area contributed by atoms with Crippen molar-refractivity contribution in [3.63, 3.8) is 0 Å². The molecule has 0 amide bonds. The number of rotatable bonds is 5. The van der Waals surface area contributed by atoms with Crippen LogP contribution in [0.5, 0.6) is 0 Å². The zero-order valence-corrected chi connectivity index (χ0v) is 11.8. The van der Waals surface area contributed by atoms with E-state index in [0.717, 1.165) is 42.2 Å². The third kappa shape index (κ3) is 3.83. The van der Waals surface area contributed by atoms with Crippen LogP contribution in [0.25, 0.3) is 0 Å². The number of aliphatic hydroxyl groups is 1. The molecule has 106 valence electrons. The summed E-state index contributed by atoms with van der Waals surface area (Å²) < 4.78 is 5.56. The summed E-state index contributed by atoms with van der Waals surface area (Å²) in [6, 6.07) is 6.00. The van der Waals surface area contributed by atoms with Gasteiger partial charge in [0.25, 0.3) is 0 Å². The second-order valence-electron chi connectivity index (χ2n) is 4.77. The molecule has 0 unspecified atom stereocenters. The van der Waals surface area contributed by atoms with Crippen molar-refractivity contribution in [2.45, 2.75) is 25.5 Å². The number of halogens is 1. The van der Waals surface area contributed by atoms with Crippen LogP contribution in [0, 0.1) is 0 Å². The lowest BCUT2D eigenvalue weighted by Gasteiger charge is -2.34. The summed E-state index contributed by atoms with van der Waals surface area (Å²) in [5, 5.41) is 9.51. The van der Waals surface area contributed by atoms with Gasteiger partial charge in [-0.25, -0.2) is 0 Å². The molecule has 0 spiro atoms. The molecule has 1 heterocycles. The van der Waals surface area contributed by atoms with Gasteiger partial charge in [0.2, 0.25) is 0 Å². The normalized spacial score (nSPS) is 16.9. The summed E-state index contributed by atoms with van der Waals surface area (Å²) in [5.74, 6) is 0. The van der Waals surface area contributed by atoms with Gasteiger partial charge in [0, 0.05) is 19.6 Å². The van der Waals surface area contributed by atoms with Gasteiger partial charge in [-0.1, -0.05) is 17.7 Å². The number of ether oxygens (including phenoxy) is 1. The molecule has 4 nitrogen and oxygen atoms in total. The van der Waals surface area contributed by atoms with E-state index < -0.39 is 0 Å². The highest BCUT2D eigenvalue weighted by Crippen LogP contribution is 2.29. The van der Waals surface area contributed by atoms with Crippen molar-refractivity contribution in [2.24, 2.45) is 5.73 Å². The van der Waals surface area contributed by atoms with Crippen LogP contribution in [0.15, 0.2) is 18.2 Å². The zero-order valence-electron chi connectivity index (χ0n) is 11.0. The third-order valence-corrected chi connectivity index (χ3v) is 3.78. The van der Waals surface area contributed by atoms with Crippen LogP contribution in [-0.4, -0.2) is 37.5 Å². The number of nitrogens with zero attached hydrogens (tertiary/aromatic N) is 1. The fraction of sp³-hybridized carbons (Fsp3) is 0.571. The highest BCUT2D eigenvalue weighted by molar-refractivity contribution is 6.33. The first-order valence-electron chi connectivity index (χ1n) is 6.70. The Kier molecular flexibility index (Phi) is 5.45. The van der Waals surface area contributed by atoms with Gasteiger partial charge in [0.15, 0.2) is 0 Å². The maximum atomic E-state index is 8.75. The van der Waals surface area contributed by atoms with E-state index in [1.54, 1.807) is 0 Å². The van der Waals surface area contributed by atoms with Gasteiger partial charge in [-0.05, 0) is 30.5 Å². The van der Waals surface area contributed by atoms with E-state index in [-0.39, 0.29) is 12.7 Å². The topological polar surface area (TPSA) is 58.7 Å². The highest BCUT2D eigenvalue weighted by Gasteiger charge is 2.21. The Morgan fingerprint density at radius 2 is 2.11 bits per heavy atom. The van der Waals surface area contributed by atoms with E-state index in [2.05, 4.69) is 4.90 Å². The van der Waals surface area contributed by atoms with Gasteiger partial charge in [-0.15, -0.1) is 0 Å². The summed E-state index contributed by atoms with van der Waals surface area (Å²) in [6.45, 7) is 2.88. The number of piperidine rings is 1. The summed E-state index contributed by atoms with van der Waals surface area (Å²) in [7, 11) is 0. The Balaban J connectivity index is 1.94. The number of hydrogen-bond donors (Lipinski definition) is 2. The van der Waals surface area contributed by atoms with E-state index in [9.17, 15) is 0 Å². The number of benzene rings is 1. The van der Waals surface area contributed by atoms with Crippen LogP contribution in [0.3, 0.4) is 0 Å². The van der Waals surface area contributed by atoms with Crippen LogP contribution in [0.2, 0.25) is 5.02 Å². The van der Waals surface area contributed by atoms with Crippen molar-refractivity contribution < 1.29 is 9.84 Å². The van der Waals surface area contributed by atoms with Gasteiger partial charge in [-0.3, -0.25) is 0 Å². The second kappa shape index (κ2) is 7.10. The molecule has 1 fully saturated rings. The standard InChI is InChI=1S/C14H21ClN2O2/c15-13-9-11(10-16)1-2-14(13)17-5-3-12(4-6-17)19-8-7-18/h1-2,9,12,18H,3-8,10,16H2. The van der Waals surface area contributed by atoms with Crippen molar-refractivity contribution in [3.05, 3.63) is 28.8 Å². The van der Waals surface area contributed by atoms with Gasteiger partial charge in [0.05, 0.1) is 30.0 Å². The van der Waals surface area contributed by atoms with Crippen molar-refractivity contribution in [2.75, 3.05) is 31.2 Å². The van der Waals surface area contributed by atoms with Crippen LogP contribution < -0.4 is 10.6 Å². The molecule has 1 saturated heterocycles. The average Bonchev–Trinajstić information content (AvgIpc) is 2.45. The maximum Gasteiger partial charge on any atom is 0.0701 e. The quantitative estimate of drug-likeness (QED) is 0.865. The second-order valence-corrected chi connectivity index (χ2v) is 5.18. The van der Waals surface area contributed by atoms with Crippen molar-refractivity contribution in [1.82, 2.24) is 0 Å². The lowest BCUT2D eigenvalue weighted by atomic mass is 10.1. The summed E-state index contributed by atoms with van der Waals surface area (Å²) in [5.41, 5.74) is 7.72. The number of nitrogens with two attached hydrogens (primary N) is 1. The molecule has 0 aromatic heterocycles. The van der Waals surface area contributed by atoms with E-state index in [4.69, 9.17) is 27.2 Å². The minimum atomic E-state index is 0.0899. The molecule has 0 saturated carbocycles. The summed E-state index contributed by atoms with van der Waals surface area (Å²) in [4.78, 5) is 2.28. The van der Waals surface area contributed by atoms with Gasteiger partial charge in [0.1, 0.15) is 0 Å². The predicted octanol–water partition coefficient (Wildman–Crippen LogP) is 1.78. The lowest BCUT2D eigenvalue weighted by molar-refractivity contribution is 0.0159. The maximum absolute atomic E-state index is 8.75. The number of hydrogen-bond acceptors (Lipinski definition) is 4. The molecule has 1 aliphatic heterocycles. The van der Waals surface area contributed by atoms with Crippen LogP contribution in [0.4, 0.5) is 5.69 Å². The Hall–Kier alpha value is -0.810. The van der Waals surface area contributed by atoms with Crippen LogP contribution >= 0.6 is 11.6 Å². The Morgan fingerprint density at radius 1 is 1.37 bits per heavy atom. The smallest absolute Gasteiger partial charge is 0.0701 e. The zero-order chi connectivity index (χ0) is 13.7. The minimum Gasteiger partial charge on any atom is -0.394 e. The first-order chi connectivity index (χ1) is 9.24. The largest absolute Gasteiger partial charge is 0.394 e. The predicted molar refractivity (Wildman–Crippen MR) is 77.6 cm³/mol. The van der Waals surface area contributed by atoms with E-state index in [1.165, 1.54) is 0 Å². The van der Waals surface area contributed by atoms with Gasteiger partial charge >= 0.3 is 0 Å². The SMILES string of the molecule is NCc1ccc(N2CCC(OCCO)CC2)c(Cl)c1. The van der Waals surface area contributed by atoms with E-state index in [0.29, 0.717) is 13.2 Å². The number of aliphatic hydroxyl groups excluding tert-OH is 1. The molecule has 2 rings (SSSR count). The summed E-state index contributed by atoms with van der Waals surface area (Å²) >= 11 is 6.30. The fourth-order valence-electron chi connectivity index (χ4n) is 2.42. The molecule has 1 aromatic carbocycles. The molecular formula is C14H21ClN2O2. The van der Waals surface area contributed by atoms with Crippen LogP contribution in [0.1, 0.15) is 18.4 Å². The van der Waals surface area contributed by atoms with Crippen molar-refractivity contribution in [1.29, 1.82) is 0 Å². The first kappa shape index (κ1) is 14.6. The van der Waals surface area contributed by atoms with Crippen molar-refractivity contribution >= 4 is 17.3 Å². The van der Waals surface area contributed by atoms with Gasteiger partial charge in [-0.2, -0.15) is 0 Å². The van der Waals surface area contributed by atoms with Crippen molar-refractivity contribution in [3.8, 4) is 0 Å². The van der Waals surface area contributed by atoms with Crippen LogP contribution in [-0.2, 0) is 11.3 Å². The molecule has 19 heavy (non-hydrogen) atoms. The molecule has 0 radical (unpaired) electrons. The first-order valence-corrected chi connectivity index (χ1v) is 7.08. The molecular weight excluding hydrogens is 264 g/mol. The molecule has 1 aromatic rings. The molecule has 1 aliphatic rings. The Bertz CT molecular complexity index is 406. The van der Waals surface area contributed by atoms with E-state index in [1.807, 2.05) is 18.2 Å². The number of anilines is 1. The minimum absolute atomic E-state index is 0.0899. The average molecular weight is 285 g/mol. The molecule has 0 bridgehead atoms. The van der Waals surface area contributed by atoms with Gasteiger partial charge < -0.3 is 20.5 Å². The molecule has 3 N–H and O–H groups in total. The molecule has 0 atom stereocenters. The summed E-state index contributed by atoms with van der Waals surface area (Å²) in [6.07, 6.45) is 2.19. The third-order valence-electron chi connectivity index (χ3n) is 3.48. The highest BCUT2D eigenvalue weighted by atomic mass is 35.5. The Labute approximate surface area is 119 Å². The fourth-order valence-corrected chi connectivity index (χ4v) is 2.74. The lowest BCUT2D eigenvalue weighted by Crippen LogP contribution is -2.37. The Morgan fingerprint density at radius 3 is 2.68 bits per heavy atom. The molecule has 0 aliphatic carbocycles. The molecule has 5 heteroatoms. The monoisotopic (exact) mass is 284 g/mol.